The zero-order valence-corrected chi connectivity index (χ0v) is 9.85. The zero-order valence-electron chi connectivity index (χ0n) is 8.26. The Bertz CT molecular complexity index is 164. The van der Waals surface area contributed by atoms with Gasteiger partial charge < -0.3 is 0 Å². The third kappa shape index (κ3) is 3.77. The Balaban J connectivity index is 2.21. The number of carbonyl (C=O) groups excluding carboxylic acids is 1. The average molecular weight is 248 g/mol. The molecule has 76 valence electrons. The van der Waals surface area contributed by atoms with E-state index < -0.39 is 0 Å². The normalized spacial score (nSPS) is 20.5. The number of alkyl halides is 1. The quantitative estimate of drug-likeness (QED) is 0.710. The van der Waals surface area contributed by atoms with Gasteiger partial charge in [-0.25, -0.2) is 0 Å². The van der Waals surface area contributed by atoms with Gasteiger partial charge in [-0.2, -0.15) is 0 Å². The van der Waals surface area contributed by atoms with Crippen molar-refractivity contribution < 1.29 is 4.79 Å². The van der Waals surface area contributed by atoms with E-state index in [-0.39, 0.29) is 0 Å². The molecular weight excluding hydrogens is 230 g/mol. The van der Waals surface area contributed by atoms with E-state index in [0.717, 1.165) is 24.3 Å². The summed E-state index contributed by atoms with van der Waals surface area (Å²) in [7, 11) is 0. The van der Waals surface area contributed by atoms with Crippen molar-refractivity contribution in [3.63, 3.8) is 0 Å². The highest BCUT2D eigenvalue weighted by molar-refractivity contribution is 9.09. The molecule has 0 unspecified atom stereocenters. The fraction of sp³-hybridized carbons (Fsp3) is 0.900. The second kappa shape index (κ2) is 5.76. The Morgan fingerprint density at radius 1 is 1.46 bits per heavy atom. The Morgan fingerprint density at radius 3 is 2.54 bits per heavy atom. The van der Waals surface area contributed by atoms with E-state index in [4.69, 9.17) is 0 Å². The van der Waals surface area contributed by atoms with Gasteiger partial charge in [0.15, 0.2) is 0 Å². The van der Waals surface area contributed by atoms with Crippen LogP contribution < -0.4 is 0 Å². The SMILES string of the molecule is CCC(=O)CN1CCC(CBr)CC1. The smallest absolute Gasteiger partial charge is 0.146 e. The number of Topliss-reactive ketones (excluding diaryl/α,β-unsaturated/α-hetero) is 1. The maximum absolute atomic E-state index is 11.2. The van der Waals surface area contributed by atoms with Gasteiger partial charge in [0.1, 0.15) is 5.78 Å². The highest BCUT2D eigenvalue weighted by Gasteiger charge is 2.19. The highest BCUT2D eigenvalue weighted by atomic mass is 79.9. The van der Waals surface area contributed by atoms with Crippen molar-refractivity contribution in [2.75, 3.05) is 25.0 Å². The van der Waals surface area contributed by atoms with Crippen molar-refractivity contribution in [2.45, 2.75) is 26.2 Å². The third-order valence-corrected chi connectivity index (χ3v) is 3.64. The Labute approximate surface area is 88.8 Å². The lowest BCUT2D eigenvalue weighted by molar-refractivity contribution is -0.120. The predicted octanol–water partition coefficient (Wildman–Crippen LogP) is 2.07. The van der Waals surface area contributed by atoms with Crippen LogP contribution in [0.1, 0.15) is 26.2 Å². The van der Waals surface area contributed by atoms with Crippen LogP contribution in [0.5, 0.6) is 0 Å². The lowest BCUT2D eigenvalue weighted by atomic mass is 9.99. The van der Waals surface area contributed by atoms with Gasteiger partial charge in [0.2, 0.25) is 0 Å². The molecule has 1 saturated heterocycles. The summed E-state index contributed by atoms with van der Waals surface area (Å²) in [4.78, 5) is 13.5. The molecule has 0 radical (unpaired) electrons. The highest BCUT2D eigenvalue weighted by Crippen LogP contribution is 2.18. The molecular formula is C10H18BrNO. The van der Waals surface area contributed by atoms with Crippen molar-refractivity contribution in [3.05, 3.63) is 0 Å². The first-order chi connectivity index (χ1) is 6.26. The number of hydrogen-bond donors (Lipinski definition) is 0. The van der Waals surface area contributed by atoms with Gasteiger partial charge in [-0.3, -0.25) is 9.69 Å². The molecule has 0 N–H and O–H groups in total. The van der Waals surface area contributed by atoms with Crippen LogP contribution in [0, 0.1) is 5.92 Å². The first-order valence-electron chi connectivity index (χ1n) is 5.06. The summed E-state index contributed by atoms with van der Waals surface area (Å²) in [5.41, 5.74) is 0. The van der Waals surface area contributed by atoms with Crippen LogP contribution in [-0.2, 0) is 4.79 Å². The Morgan fingerprint density at radius 2 is 2.08 bits per heavy atom. The van der Waals surface area contributed by atoms with Crippen LogP contribution in [-0.4, -0.2) is 35.6 Å². The minimum absolute atomic E-state index is 0.372. The van der Waals surface area contributed by atoms with E-state index in [1.165, 1.54) is 12.8 Å². The molecule has 3 heteroatoms. The molecule has 1 aliphatic heterocycles. The first-order valence-corrected chi connectivity index (χ1v) is 6.18. The number of carbonyl (C=O) groups is 1. The van der Waals surface area contributed by atoms with Gasteiger partial charge >= 0.3 is 0 Å². The van der Waals surface area contributed by atoms with E-state index in [0.29, 0.717) is 18.7 Å². The second-order valence-corrected chi connectivity index (χ2v) is 4.41. The number of rotatable bonds is 4. The molecule has 0 atom stereocenters. The number of hydrogen-bond acceptors (Lipinski definition) is 2. The number of halogens is 1. The summed E-state index contributed by atoms with van der Waals surface area (Å²) >= 11 is 3.51. The molecule has 0 aromatic heterocycles. The summed E-state index contributed by atoms with van der Waals surface area (Å²) in [6.07, 6.45) is 3.16. The minimum Gasteiger partial charge on any atom is -0.298 e. The number of piperidine rings is 1. The molecule has 0 aromatic carbocycles. The van der Waals surface area contributed by atoms with Crippen LogP contribution in [0.15, 0.2) is 0 Å². The Hall–Kier alpha value is 0.110. The molecule has 0 amide bonds. The maximum atomic E-state index is 11.2. The molecule has 0 aromatic rings. The van der Waals surface area contributed by atoms with Crippen molar-refractivity contribution in [3.8, 4) is 0 Å². The van der Waals surface area contributed by atoms with E-state index in [1.807, 2.05) is 6.92 Å². The van der Waals surface area contributed by atoms with Gasteiger partial charge in [0.25, 0.3) is 0 Å². The van der Waals surface area contributed by atoms with Crippen molar-refractivity contribution in [2.24, 2.45) is 5.92 Å². The van der Waals surface area contributed by atoms with E-state index in [2.05, 4.69) is 20.8 Å². The molecule has 1 fully saturated rings. The van der Waals surface area contributed by atoms with Gasteiger partial charge in [-0.05, 0) is 31.8 Å². The lowest BCUT2D eigenvalue weighted by Crippen LogP contribution is -2.37. The Kier molecular flexibility index (Phi) is 4.96. The van der Waals surface area contributed by atoms with Crippen molar-refractivity contribution in [1.82, 2.24) is 4.90 Å². The summed E-state index contributed by atoms with van der Waals surface area (Å²) in [6, 6.07) is 0. The largest absolute Gasteiger partial charge is 0.298 e. The van der Waals surface area contributed by atoms with Crippen LogP contribution in [0.2, 0.25) is 0 Å². The topological polar surface area (TPSA) is 20.3 Å². The lowest BCUT2D eigenvalue weighted by Gasteiger charge is -2.30. The molecule has 13 heavy (non-hydrogen) atoms. The molecule has 2 nitrogen and oxygen atoms in total. The van der Waals surface area contributed by atoms with Gasteiger partial charge in [0, 0.05) is 11.8 Å². The summed E-state index contributed by atoms with van der Waals surface area (Å²) in [6.45, 7) is 4.81. The van der Waals surface area contributed by atoms with Gasteiger partial charge in [-0.15, -0.1) is 0 Å². The van der Waals surface area contributed by atoms with Crippen molar-refractivity contribution >= 4 is 21.7 Å². The fourth-order valence-electron chi connectivity index (χ4n) is 1.66. The molecule has 1 rings (SSSR count). The zero-order chi connectivity index (χ0) is 9.68. The first kappa shape index (κ1) is 11.2. The summed E-state index contributed by atoms with van der Waals surface area (Å²) in [5, 5.41) is 1.11. The average Bonchev–Trinajstić information content (AvgIpc) is 2.19. The molecule has 1 heterocycles. The molecule has 0 saturated carbocycles. The molecule has 0 aliphatic carbocycles. The van der Waals surface area contributed by atoms with Crippen LogP contribution in [0.25, 0.3) is 0 Å². The maximum Gasteiger partial charge on any atom is 0.146 e. The fourth-order valence-corrected chi connectivity index (χ4v) is 2.31. The standard InChI is InChI=1S/C10H18BrNO/c1-2-10(13)8-12-5-3-9(7-11)4-6-12/h9H,2-8H2,1H3. The van der Waals surface area contributed by atoms with Gasteiger partial charge in [0.05, 0.1) is 6.54 Å². The number of likely N-dealkylation sites (tertiary alicyclic amines) is 1. The van der Waals surface area contributed by atoms with E-state index in [1.54, 1.807) is 0 Å². The van der Waals surface area contributed by atoms with Crippen LogP contribution >= 0.6 is 15.9 Å². The summed E-state index contributed by atoms with van der Waals surface area (Å²) in [5.74, 6) is 1.20. The van der Waals surface area contributed by atoms with Crippen molar-refractivity contribution in [1.29, 1.82) is 0 Å². The van der Waals surface area contributed by atoms with E-state index in [9.17, 15) is 4.79 Å². The third-order valence-electron chi connectivity index (χ3n) is 2.72. The number of ketones is 1. The minimum atomic E-state index is 0.372. The molecule has 0 spiro atoms. The second-order valence-electron chi connectivity index (χ2n) is 3.77. The van der Waals surface area contributed by atoms with Crippen LogP contribution in [0.4, 0.5) is 0 Å². The number of nitrogens with zero attached hydrogens (tertiary/aromatic N) is 1. The van der Waals surface area contributed by atoms with E-state index >= 15 is 0 Å². The molecule has 0 bridgehead atoms. The summed E-state index contributed by atoms with van der Waals surface area (Å²) < 4.78 is 0. The molecule has 1 aliphatic rings. The van der Waals surface area contributed by atoms with Crippen LogP contribution in [0.3, 0.4) is 0 Å². The monoisotopic (exact) mass is 247 g/mol. The van der Waals surface area contributed by atoms with Gasteiger partial charge in [-0.1, -0.05) is 22.9 Å². The predicted molar refractivity (Wildman–Crippen MR) is 58.3 cm³/mol.